The van der Waals surface area contributed by atoms with Gasteiger partial charge in [0, 0.05) is 6.04 Å². The van der Waals surface area contributed by atoms with E-state index in [0.29, 0.717) is 16.9 Å². The number of carbonyl (C=O) groups excluding carboxylic acids is 2. The van der Waals surface area contributed by atoms with Crippen LogP contribution in [0.2, 0.25) is 0 Å². The molecular weight excluding hydrogens is 438 g/mol. The molecule has 0 bridgehead atoms. The SMILES string of the molecule is CC[C@@H](C)NC(=O)c1ccccc1NC(=O)CN(c1ccccc1)S(=O)(=O)c1ccccc1. The van der Waals surface area contributed by atoms with Gasteiger partial charge in [-0.1, -0.05) is 55.5 Å². The minimum absolute atomic E-state index is 0.0224. The van der Waals surface area contributed by atoms with Crippen molar-refractivity contribution in [3.8, 4) is 0 Å². The number of hydrogen-bond acceptors (Lipinski definition) is 4. The van der Waals surface area contributed by atoms with E-state index in [1.165, 1.54) is 12.1 Å². The molecule has 33 heavy (non-hydrogen) atoms. The van der Waals surface area contributed by atoms with Crippen molar-refractivity contribution in [3.63, 3.8) is 0 Å². The zero-order valence-corrected chi connectivity index (χ0v) is 19.4. The second kappa shape index (κ2) is 10.8. The van der Waals surface area contributed by atoms with E-state index >= 15 is 0 Å². The van der Waals surface area contributed by atoms with E-state index in [-0.39, 0.29) is 16.8 Å². The molecule has 0 aliphatic carbocycles. The third-order valence-corrected chi connectivity index (χ3v) is 6.89. The van der Waals surface area contributed by atoms with Crippen molar-refractivity contribution in [2.24, 2.45) is 0 Å². The Labute approximate surface area is 194 Å². The number of nitrogens with zero attached hydrogens (tertiary/aromatic N) is 1. The van der Waals surface area contributed by atoms with E-state index in [9.17, 15) is 18.0 Å². The van der Waals surface area contributed by atoms with Gasteiger partial charge in [0.25, 0.3) is 15.9 Å². The lowest BCUT2D eigenvalue weighted by molar-refractivity contribution is -0.114. The fraction of sp³-hybridized carbons (Fsp3) is 0.200. The standard InChI is InChI=1S/C25H27N3O4S/c1-3-19(2)26-25(30)22-16-10-11-17-23(22)27-24(29)18-28(20-12-6-4-7-13-20)33(31,32)21-14-8-5-9-15-21/h4-17,19H,3,18H2,1-2H3,(H,26,30)(H,27,29)/t19-/m1/s1. The summed E-state index contributed by atoms with van der Waals surface area (Å²) in [5.41, 5.74) is 0.982. The normalized spacial score (nSPS) is 11.9. The number of carbonyl (C=O) groups is 2. The molecule has 0 spiro atoms. The molecule has 0 aliphatic heterocycles. The highest BCUT2D eigenvalue weighted by Crippen LogP contribution is 2.24. The summed E-state index contributed by atoms with van der Waals surface area (Å²) in [6.45, 7) is 3.40. The number of benzene rings is 3. The zero-order chi connectivity index (χ0) is 23.8. The van der Waals surface area contributed by atoms with Crippen molar-refractivity contribution >= 4 is 33.2 Å². The predicted molar refractivity (Wildman–Crippen MR) is 130 cm³/mol. The lowest BCUT2D eigenvalue weighted by Gasteiger charge is -2.24. The van der Waals surface area contributed by atoms with Gasteiger partial charge in [-0.25, -0.2) is 8.42 Å². The van der Waals surface area contributed by atoms with E-state index < -0.39 is 22.5 Å². The zero-order valence-electron chi connectivity index (χ0n) is 18.6. The van der Waals surface area contributed by atoms with Crippen LogP contribution in [0.15, 0.2) is 89.8 Å². The number of anilines is 2. The van der Waals surface area contributed by atoms with Crippen LogP contribution in [-0.4, -0.2) is 32.8 Å². The van der Waals surface area contributed by atoms with Gasteiger partial charge in [-0.3, -0.25) is 13.9 Å². The van der Waals surface area contributed by atoms with Crippen LogP contribution in [0.1, 0.15) is 30.6 Å². The third kappa shape index (κ3) is 5.98. The molecule has 0 aromatic heterocycles. The summed E-state index contributed by atoms with van der Waals surface area (Å²) in [5, 5.41) is 5.58. The van der Waals surface area contributed by atoms with Gasteiger partial charge < -0.3 is 10.6 Å². The molecule has 3 aromatic carbocycles. The van der Waals surface area contributed by atoms with Crippen LogP contribution >= 0.6 is 0 Å². The summed E-state index contributed by atoms with van der Waals surface area (Å²) in [7, 11) is -3.99. The highest BCUT2D eigenvalue weighted by atomic mass is 32.2. The Morgan fingerprint density at radius 1 is 0.879 bits per heavy atom. The molecule has 0 saturated heterocycles. The minimum atomic E-state index is -3.99. The number of rotatable bonds is 9. The van der Waals surface area contributed by atoms with Crippen LogP contribution in [0.4, 0.5) is 11.4 Å². The monoisotopic (exact) mass is 465 g/mol. The topological polar surface area (TPSA) is 95.6 Å². The van der Waals surface area contributed by atoms with Crippen molar-refractivity contribution in [2.75, 3.05) is 16.2 Å². The maximum absolute atomic E-state index is 13.3. The number of hydrogen-bond donors (Lipinski definition) is 2. The Bertz CT molecular complexity index is 1200. The first-order valence-electron chi connectivity index (χ1n) is 10.7. The smallest absolute Gasteiger partial charge is 0.264 e. The Morgan fingerprint density at radius 2 is 1.45 bits per heavy atom. The first kappa shape index (κ1) is 24.0. The van der Waals surface area contributed by atoms with Gasteiger partial charge in [-0.2, -0.15) is 0 Å². The molecule has 0 unspecified atom stereocenters. The van der Waals surface area contributed by atoms with Gasteiger partial charge in [0.15, 0.2) is 0 Å². The van der Waals surface area contributed by atoms with Gasteiger partial charge in [0.2, 0.25) is 5.91 Å². The molecule has 0 radical (unpaired) electrons. The summed E-state index contributed by atoms with van der Waals surface area (Å²) >= 11 is 0. The molecule has 0 aliphatic rings. The van der Waals surface area contributed by atoms with Crippen LogP contribution < -0.4 is 14.9 Å². The van der Waals surface area contributed by atoms with E-state index in [4.69, 9.17) is 0 Å². The Morgan fingerprint density at radius 3 is 2.09 bits per heavy atom. The average molecular weight is 466 g/mol. The lowest BCUT2D eigenvalue weighted by atomic mass is 10.1. The van der Waals surface area contributed by atoms with Crippen LogP contribution in [-0.2, 0) is 14.8 Å². The van der Waals surface area contributed by atoms with Crippen LogP contribution in [0.3, 0.4) is 0 Å². The fourth-order valence-electron chi connectivity index (χ4n) is 3.14. The van der Waals surface area contributed by atoms with Gasteiger partial charge in [0.05, 0.1) is 21.8 Å². The Balaban J connectivity index is 1.87. The molecule has 0 heterocycles. The van der Waals surface area contributed by atoms with Crippen molar-refractivity contribution in [3.05, 3.63) is 90.5 Å². The maximum atomic E-state index is 13.3. The Hall–Kier alpha value is -3.65. The second-order valence-corrected chi connectivity index (χ2v) is 9.40. The van der Waals surface area contributed by atoms with E-state index in [1.807, 2.05) is 13.8 Å². The van der Waals surface area contributed by atoms with E-state index in [0.717, 1.165) is 10.7 Å². The molecule has 0 fully saturated rings. The van der Waals surface area contributed by atoms with Crippen LogP contribution in [0.25, 0.3) is 0 Å². The quantitative estimate of drug-likeness (QED) is 0.498. The summed E-state index contributed by atoms with van der Waals surface area (Å²) in [6, 6.07) is 23.0. The minimum Gasteiger partial charge on any atom is -0.350 e. The van der Waals surface area contributed by atoms with Crippen LogP contribution in [0, 0.1) is 0 Å². The number of nitrogens with one attached hydrogen (secondary N) is 2. The number of sulfonamides is 1. The lowest BCUT2D eigenvalue weighted by Crippen LogP contribution is -2.38. The summed E-state index contributed by atoms with van der Waals surface area (Å²) in [5.74, 6) is -0.876. The highest BCUT2D eigenvalue weighted by molar-refractivity contribution is 7.92. The maximum Gasteiger partial charge on any atom is 0.264 e. The third-order valence-electron chi connectivity index (χ3n) is 5.10. The van der Waals surface area contributed by atoms with Crippen molar-refractivity contribution in [1.82, 2.24) is 5.32 Å². The van der Waals surface area contributed by atoms with Crippen molar-refractivity contribution in [1.29, 1.82) is 0 Å². The Kier molecular flexibility index (Phi) is 7.84. The molecule has 8 heteroatoms. The summed E-state index contributed by atoms with van der Waals surface area (Å²) < 4.78 is 27.7. The van der Waals surface area contributed by atoms with Crippen LogP contribution in [0.5, 0.6) is 0 Å². The van der Waals surface area contributed by atoms with E-state index in [1.54, 1.807) is 72.8 Å². The number of para-hydroxylation sites is 2. The van der Waals surface area contributed by atoms with Crippen molar-refractivity contribution in [2.45, 2.75) is 31.2 Å². The second-order valence-electron chi connectivity index (χ2n) is 7.54. The van der Waals surface area contributed by atoms with E-state index in [2.05, 4.69) is 10.6 Å². The predicted octanol–water partition coefficient (Wildman–Crippen LogP) is 4.05. The average Bonchev–Trinajstić information content (AvgIpc) is 2.83. The molecule has 3 rings (SSSR count). The van der Waals surface area contributed by atoms with Gasteiger partial charge in [-0.15, -0.1) is 0 Å². The summed E-state index contributed by atoms with van der Waals surface area (Å²) in [6.07, 6.45) is 0.768. The molecular formula is C25H27N3O4S. The number of amides is 2. The molecule has 0 saturated carbocycles. The highest BCUT2D eigenvalue weighted by Gasteiger charge is 2.27. The molecule has 7 nitrogen and oxygen atoms in total. The fourth-order valence-corrected chi connectivity index (χ4v) is 4.58. The molecule has 3 aromatic rings. The first-order chi connectivity index (χ1) is 15.8. The molecule has 172 valence electrons. The molecule has 1 atom stereocenters. The molecule has 2 amide bonds. The van der Waals surface area contributed by atoms with Gasteiger partial charge in [0.1, 0.15) is 6.54 Å². The van der Waals surface area contributed by atoms with Gasteiger partial charge in [-0.05, 0) is 49.7 Å². The first-order valence-corrected chi connectivity index (χ1v) is 12.1. The van der Waals surface area contributed by atoms with Crippen molar-refractivity contribution < 1.29 is 18.0 Å². The largest absolute Gasteiger partial charge is 0.350 e. The van der Waals surface area contributed by atoms with Gasteiger partial charge >= 0.3 is 0 Å². The summed E-state index contributed by atoms with van der Waals surface area (Å²) in [4.78, 5) is 25.7. The molecule has 2 N–H and O–H groups in total.